The molecule has 0 aromatic heterocycles. The van der Waals surface area contributed by atoms with Crippen LogP contribution in [0, 0.1) is 11.8 Å². The fourth-order valence-corrected chi connectivity index (χ4v) is 2.69. The molecule has 0 heterocycles. The first-order chi connectivity index (χ1) is 8.89. The zero-order valence-electron chi connectivity index (χ0n) is 10.8. The van der Waals surface area contributed by atoms with E-state index in [0.717, 1.165) is 18.9 Å². The molecule has 0 saturated heterocycles. The van der Waals surface area contributed by atoms with E-state index in [1.54, 1.807) is 0 Å². The van der Waals surface area contributed by atoms with Crippen molar-refractivity contribution in [3.8, 4) is 0 Å². The topological polar surface area (TPSA) is 17.1 Å². The van der Waals surface area contributed by atoms with Crippen molar-refractivity contribution < 1.29 is 18.0 Å². The van der Waals surface area contributed by atoms with E-state index in [1.165, 1.54) is 18.2 Å². The Morgan fingerprint density at radius 2 is 1.68 bits per heavy atom. The Morgan fingerprint density at radius 3 is 2.26 bits per heavy atom. The minimum absolute atomic E-state index is 0.172. The van der Waals surface area contributed by atoms with Gasteiger partial charge in [0.25, 0.3) is 0 Å². The van der Waals surface area contributed by atoms with Crippen LogP contribution in [0.1, 0.15) is 48.5 Å². The molecule has 0 unspecified atom stereocenters. The second-order valence-corrected chi connectivity index (χ2v) is 5.36. The van der Waals surface area contributed by atoms with E-state index in [2.05, 4.69) is 6.92 Å². The summed E-state index contributed by atoms with van der Waals surface area (Å²) in [6.07, 6.45) is -1.22. The summed E-state index contributed by atoms with van der Waals surface area (Å²) in [7, 11) is 0. The fraction of sp³-hybridized carbons (Fsp3) is 0.533. The maximum atomic E-state index is 12.9. The fourth-order valence-electron chi connectivity index (χ4n) is 2.69. The van der Waals surface area contributed by atoms with Crippen LogP contribution in [-0.2, 0) is 6.18 Å². The van der Waals surface area contributed by atoms with Crippen molar-refractivity contribution in [2.45, 2.75) is 38.8 Å². The molecule has 0 spiro atoms. The minimum Gasteiger partial charge on any atom is -0.294 e. The molecular weight excluding hydrogens is 253 g/mol. The van der Waals surface area contributed by atoms with Gasteiger partial charge in [0.15, 0.2) is 5.78 Å². The number of halogens is 3. The smallest absolute Gasteiger partial charge is 0.294 e. The van der Waals surface area contributed by atoms with E-state index in [9.17, 15) is 18.0 Å². The van der Waals surface area contributed by atoms with Crippen molar-refractivity contribution in [2.24, 2.45) is 11.8 Å². The molecule has 2 rings (SSSR count). The number of hydrogen-bond acceptors (Lipinski definition) is 1. The summed E-state index contributed by atoms with van der Waals surface area (Å²) in [5, 5.41) is 0. The highest BCUT2D eigenvalue weighted by Gasteiger charge is 2.36. The zero-order chi connectivity index (χ0) is 14.0. The summed E-state index contributed by atoms with van der Waals surface area (Å²) in [6.45, 7) is 2.12. The summed E-state index contributed by atoms with van der Waals surface area (Å²) in [4.78, 5) is 12.3. The molecule has 4 heteroatoms. The molecule has 1 aromatic carbocycles. The largest absolute Gasteiger partial charge is 0.417 e. The van der Waals surface area contributed by atoms with E-state index >= 15 is 0 Å². The lowest BCUT2D eigenvalue weighted by Gasteiger charge is -2.26. The van der Waals surface area contributed by atoms with E-state index in [0.29, 0.717) is 18.8 Å². The SMILES string of the molecule is CC1CCC(C(=O)c2ccccc2C(F)(F)F)CC1. The number of carbonyl (C=O) groups excluding carboxylic acids is 1. The van der Waals surface area contributed by atoms with Gasteiger partial charge in [-0.1, -0.05) is 38.0 Å². The van der Waals surface area contributed by atoms with Gasteiger partial charge in [0.2, 0.25) is 0 Å². The normalized spacial score (nSPS) is 24.2. The average molecular weight is 270 g/mol. The lowest BCUT2D eigenvalue weighted by Crippen LogP contribution is -2.23. The maximum absolute atomic E-state index is 12.9. The van der Waals surface area contributed by atoms with Gasteiger partial charge < -0.3 is 0 Å². The first-order valence-corrected chi connectivity index (χ1v) is 6.60. The summed E-state index contributed by atoms with van der Waals surface area (Å²) in [6, 6.07) is 5.10. The average Bonchev–Trinajstić information content (AvgIpc) is 2.38. The molecule has 0 radical (unpaired) electrons. The Labute approximate surface area is 110 Å². The molecule has 0 amide bonds. The predicted molar refractivity (Wildman–Crippen MR) is 66.9 cm³/mol. The number of carbonyl (C=O) groups is 1. The van der Waals surface area contributed by atoms with Crippen molar-refractivity contribution in [2.75, 3.05) is 0 Å². The van der Waals surface area contributed by atoms with Crippen LogP contribution in [0.4, 0.5) is 13.2 Å². The van der Waals surface area contributed by atoms with Crippen LogP contribution in [0.15, 0.2) is 24.3 Å². The molecule has 0 bridgehead atoms. The second kappa shape index (κ2) is 5.35. The molecule has 0 N–H and O–H groups in total. The molecule has 1 aromatic rings. The molecule has 0 aliphatic heterocycles. The van der Waals surface area contributed by atoms with Crippen molar-refractivity contribution in [1.29, 1.82) is 0 Å². The number of hydrogen-bond donors (Lipinski definition) is 0. The second-order valence-electron chi connectivity index (χ2n) is 5.36. The lowest BCUT2D eigenvalue weighted by molar-refractivity contribution is -0.137. The van der Waals surface area contributed by atoms with Gasteiger partial charge in [-0.05, 0) is 24.8 Å². The third kappa shape index (κ3) is 3.17. The quantitative estimate of drug-likeness (QED) is 0.711. The zero-order valence-corrected chi connectivity index (χ0v) is 10.8. The van der Waals surface area contributed by atoms with Gasteiger partial charge in [-0.3, -0.25) is 4.79 Å². The summed E-state index contributed by atoms with van der Waals surface area (Å²) in [5.74, 6) is -0.0264. The maximum Gasteiger partial charge on any atom is 0.417 e. The molecular formula is C15H17F3O. The van der Waals surface area contributed by atoms with Gasteiger partial charge in [-0.2, -0.15) is 13.2 Å². The van der Waals surface area contributed by atoms with Gasteiger partial charge in [0, 0.05) is 11.5 Å². The van der Waals surface area contributed by atoms with Crippen LogP contribution in [0.3, 0.4) is 0 Å². The van der Waals surface area contributed by atoms with Gasteiger partial charge in [0.05, 0.1) is 5.56 Å². The number of rotatable bonds is 2. The van der Waals surface area contributed by atoms with Crippen molar-refractivity contribution >= 4 is 5.78 Å². The van der Waals surface area contributed by atoms with Crippen LogP contribution in [0.2, 0.25) is 0 Å². The van der Waals surface area contributed by atoms with Crippen LogP contribution in [0.5, 0.6) is 0 Å². The van der Waals surface area contributed by atoms with Crippen LogP contribution >= 0.6 is 0 Å². The highest BCUT2D eigenvalue weighted by molar-refractivity contribution is 5.99. The van der Waals surface area contributed by atoms with E-state index < -0.39 is 11.7 Å². The van der Waals surface area contributed by atoms with E-state index in [1.807, 2.05) is 0 Å². The molecule has 1 fully saturated rings. The van der Waals surface area contributed by atoms with Gasteiger partial charge in [-0.15, -0.1) is 0 Å². The van der Waals surface area contributed by atoms with Crippen molar-refractivity contribution in [3.63, 3.8) is 0 Å². The van der Waals surface area contributed by atoms with Gasteiger partial charge in [0.1, 0.15) is 0 Å². The first-order valence-electron chi connectivity index (χ1n) is 6.60. The molecule has 19 heavy (non-hydrogen) atoms. The monoisotopic (exact) mass is 270 g/mol. The Kier molecular flexibility index (Phi) is 3.97. The van der Waals surface area contributed by atoms with Gasteiger partial charge in [-0.25, -0.2) is 0 Å². The van der Waals surface area contributed by atoms with Crippen molar-refractivity contribution in [1.82, 2.24) is 0 Å². The Balaban J connectivity index is 2.24. The highest BCUT2D eigenvalue weighted by Crippen LogP contribution is 2.36. The molecule has 1 aliphatic carbocycles. The standard InChI is InChI=1S/C15H17F3O/c1-10-6-8-11(9-7-10)14(19)12-4-2-3-5-13(12)15(16,17)18/h2-5,10-11H,6-9H2,1H3. The highest BCUT2D eigenvalue weighted by atomic mass is 19.4. The molecule has 1 saturated carbocycles. The Bertz CT molecular complexity index is 457. The lowest BCUT2D eigenvalue weighted by atomic mass is 9.79. The van der Waals surface area contributed by atoms with E-state index in [-0.39, 0.29) is 17.3 Å². The Morgan fingerprint density at radius 1 is 1.11 bits per heavy atom. The number of alkyl halides is 3. The third-order valence-corrected chi connectivity index (χ3v) is 3.88. The van der Waals surface area contributed by atoms with E-state index in [4.69, 9.17) is 0 Å². The minimum atomic E-state index is -4.46. The van der Waals surface area contributed by atoms with Crippen LogP contribution < -0.4 is 0 Å². The summed E-state index contributed by atoms with van der Waals surface area (Å²) < 4.78 is 38.7. The predicted octanol–water partition coefficient (Wildman–Crippen LogP) is 4.71. The number of Topliss-reactive ketones (excluding diaryl/α,β-unsaturated/α-hetero) is 1. The molecule has 104 valence electrons. The Hall–Kier alpha value is -1.32. The van der Waals surface area contributed by atoms with Crippen LogP contribution in [0.25, 0.3) is 0 Å². The van der Waals surface area contributed by atoms with Crippen molar-refractivity contribution in [3.05, 3.63) is 35.4 Å². The summed E-state index contributed by atoms with van der Waals surface area (Å²) in [5.41, 5.74) is -0.979. The molecule has 1 nitrogen and oxygen atoms in total. The molecule has 1 aliphatic rings. The summed E-state index contributed by atoms with van der Waals surface area (Å²) >= 11 is 0. The third-order valence-electron chi connectivity index (χ3n) is 3.88. The van der Waals surface area contributed by atoms with Gasteiger partial charge >= 0.3 is 6.18 Å². The molecule has 0 atom stereocenters. The number of ketones is 1. The first kappa shape index (κ1) is 14.1. The van der Waals surface area contributed by atoms with Crippen LogP contribution in [-0.4, -0.2) is 5.78 Å². The number of benzene rings is 1.